The summed E-state index contributed by atoms with van der Waals surface area (Å²) >= 11 is 0. The molecule has 2 N–H and O–H groups in total. The van der Waals surface area contributed by atoms with Gasteiger partial charge in [-0.1, -0.05) is 36.8 Å². The Kier molecular flexibility index (Phi) is 3.92. The number of amides is 2. The fourth-order valence-corrected chi connectivity index (χ4v) is 4.02. The second-order valence-corrected chi connectivity index (χ2v) is 6.65. The van der Waals surface area contributed by atoms with E-state index < -0.39 is 0 Å². The van der Waals surface area contributed by atoms with Gasteiger partial charge in [0.2, 0.25) is 0 Å². The smallest absolute Gasteiger partial charge is 0.319 e. The molecule has 2 aromatic carbocycles. The molecule has 0 spiro atoms. The van der Waals surface area contributed by atoms with Gasteiger partial charge in [0, 0.05) is 24.3 Å². The van der Waals surface area contributed by atoms with Crippen molar-refractivity contribution in [1.82, 2.24) is 10.2 Å². The lowest BCUT2D eigenvalue weighted by molar-refractivity contribution is 0.180. The summed E-state index contributed by atoms with van der Waals surface area (Å²) in [4.78, 5) is 14.9. The molecule has 2 unspecified atom stereocenters. The molecule has 0 bridgehead atoms. The average Bonchev–Trinajstić information content (AvgIpc) is 2.98. The van der Waals surface area contributed by atoms with Gasteiger partial charge in [-0.15, -0.1) is 0 Å². The third-order valence-corrected chi connectivity index (χ3v) is 5.18. The number of piperidine rings is 1. The van der Waals surface area contributed by atoms with Gasteiger partial charge in [0.15, 0.2) is 0 Å². The Balaban J connectivity index is 1.41. The van der Waals surface area contributed by atoms with Gasteiger partial charge in [0.05, 0.1) is 0 Å². The van der Waals surface area contributed by atoms with Crippen LogP contribution < -0.4 is 10.6 Å². The predicted octanol–water partition coefficient (Wildman–Crippen LogP) is 3.59. The highest BCUT2D eigenvalue weighted by Gasteiger charge is 2.36. The van der Waals surface area contributed by atoms with Crippen molar-refractivity contribution in [2.75, 3.05) is 18.4 Å². The molecule has 2 fully saturated rings. The van der Waals surface area contributed by atoms with Crippen LogP contribution in [0.2, 0.25) is 0 Å². The van der Waals surface area contributed by atoms with E-state index >= 15 is 0 Å². The third kappa shape index (κ3) is 3.04. The summed E-state index contributed by atoms with van der Waals surface area (Å²) in [6.07, 6.45) is 4.86. The molecule has 0 radical (unpaired) electrons. The molecule has 2 aromatic rings. The van der Waals surface area contributed by atoms with Crippen LogP contribution >= 0.6 is 0 Å². The highest BCUT2D eigenvalue weighted by atomic mass is 16.2. The van der Waals surface area contributed by atoms with Gasteiger partial charge in [-0.2, -0.15) is 0 Å². The fourth-order valence-electron chi connectivity index (χ4n) is 4.02. The van der Waals surface area contributed by atoms with Crippen molar-refractivity contribution in [3.63, 3.8) is 0 Å². The van der Waals surface area contributed by atoms with Crippen LogP contribution in [-0.4, -0.2) is 36.1 Å². The monoisotopic (exact) mass is 309 g/mol. The number of rotatable bonds is 2. The van der Waals surface area contributed by atoms with Crippen molar-refractivity contribution in [3.8, 4) is 0 Å². The van der Waals surface area contributed by atoms with Gasteiger partial charge in [0.1, 0.15) is 0 Å². The van der Waals surface area contributed by atoms with Gasteiger partial charge < -0.3 is 10.6 Å². The van der Waals surface area contributed by atoms with Crippen LogP contribution in [0.4, 0.5) is 10.5 Å². The van der Waals surface area contributed by atoms with Crippen LogP contribution in [0.15, 0.2) is 42.5 Å². The molecule has 4 nitrogen and oxygen atoms in total. The Morgan fingerprint density at radius 1 is 1.00 bits per heavy atom. The fraction of sp³-hybridized carbons (Fsp3) is 0.421. The lowest BCUT2D eigenvalue weighted by atomic mass is 9.99. The first kappa shape index (κ1) is 14.5. The Bertz CT molecular complexity index is 715. The van der Waals surface area contributed by atoms with Gasteiger partial charge >= 0.3 is 6.03 Å². The van der Waals surface area contributed by atoms with Crippen LogP contribution in [0.5, 0.6) is 0 Å². The molecule has 2 amide bonds. The normalized spacial score (nSPS) is 24.3. The Labute approximate surface area is 136 Å². The van der Waals surface area contributed by atoms with E-state index in [1.54, 1.807) is 0 Å². The molecule has 2 heterocycles. The summed E-state index contributed by atoms with van der Waals surface area (Å²) in [6, 6.07) is 15.0. The number of nitrogens with one attached hydrogen (secondary N) is 2. The summed E-state index contributed by atoms with van der Waals surface area (Å²) < 4.78 is 0. The first-order chi connectivity index (χ1) is 11.3. The number of anilines is 1. The molecule has 2 saturated heterocycles. The minimum absolute atomic E-state index is 0.0855. The van der Waals surface area contributed by atoms with E-state index in [0.29, 0.717) is 6.04 Å². The lowest BCUT2D eigenvalue weighted by Crippen LogP contribution is -2.47. The molecule has 4 heteroatoms. The van der Waals surface area contributed by atoms with Crippen molar-refractivity contribution in [2.24, 2.45) is 0 Å². The maximum Gasteiger partial charge on any atom is 0.319 e. The van der Waals surface area contributed by atoms with E-state index in [0.717, 1.165) is 24.0 Å². The number of carbonyl (C=O) groups excluding carboxylic acids is 1. The maximum atomic E-state index is 12.3. The number of fused-ring (bicyclic) bond motifs is 2. The van der Waals surface area contributed by atoms with Crippen LogP contribution in [-0.2, 0) is 0 Å². The minimum atomic E-state index is -0.0855. The molecule has 23 heavy (non-hydrogen) atoms. The standard InChI is InChI=1S/C19H23N3O/c23-19(21-17-10-12-22-11-4-3-7-18(17)22)20-16-9-8-14-5-1-2-6-15(14)13-16/h1-2,5-6,8-9,13,17-18H,3-4,7,10-12H2,(H2,20,21,23). The average molecular weight is 309 g/mol. The van der Waals surface area contributed by atoms with Crippen LogP contribution in [0.1, 0.15) is 25.7 Å². The highest BCUT2D eigenvalue weighted by Crippen LogP contribution is 2.27. The van der Waals surface area contributed by atoms with Crippen molar-refractivity contribution in [2.45, 2.75) is 37.8 Å². The Hall–Kier alpha value is -2.07. The van der Waals surface area contributed by atoms with Crippen LogP contribution in [0.25, 0.3) is 10.8 Å². The summed E-state index contributed by atoms with van der Waals surface area (Å²) in [5, 5.41) is 8.50. The van der Waals surface area contributed by atoms with Crippen molar-refractivity contribution >= 4 is 22.5 Å². The van der Waals surface area contributed by atoms with E-state index in [4.69, 9.17) is 0 Å². The molecule has 0 aromatic heterocycles. The minimum Gasteiger partial charge on any atom is -0.334 e. The Morgan fingerprint density at radius 2 is 1.87 bits per heavy atom. The third-order valence-electron chi connectivity index (χ3n) is 5.18. The zero-order chi connectivity index (χ0) is 15.6. The van der Waals surface area contributed by atoms with Gasteiger partial charge in [-0.05, 0) is 48.7 Å². The SMILES string of the molecule is O=C(Nc1ccc2ccccc2c1)NC1CCN2CCCCC12. The molecule has 0 aliphatic carbocycles. The van der Waals surface area contributed by atoms with Gasteiger partial charge in [0.25, 0.3) is 0 Å². The van der Waals surface area contributed by atoms with E-state index in [1.165, 1.54) is 31.2 Å². The number of carbonyl (C=O) groups is 1. The number of hydrogen-bond donors (Lipinski definition) is 2. The molecule has 2 atom stereocenters. The van der Waals surface area contributed by atoms with Crippen molar-refractivity contribution in [1.29, 1.82) is 0 Å². The molecule has 2 aliphatic heterocycles. The number of benzene rings is 2. The Morgan fingerprint density at radius 3 is 2.78 bits per heavy atom. The maximum absolute atomic E-state index is 12.3. The van der Waals surface area contributed by atoms with Gasteiger partial charge in [-0.3, -0.25) is 4.90 Å². The van der Waals surface area contributed by atoms with E-state index in [1.807, 2.05) is 30.3 Å². The number of urea groups is 1. The zero-order valence-electron chi connectivity index (χ0n) is 13.3. The summed E-state index contributed by atoms with van der Waals surface area (Å²) in [5.74, 6) is 0. The topological polar surface area (TPSA) is 44.4 Å². The molecular formula is C19H23N3O. The van der Waals surface area contributed by atoms with E-state index in [-0.39, 0.29) is 12.1 Å². The predicted molar refractivity (Wildman–Crippen MR) is 93.7 cm³/mol. The molecule has 4 rings (SSSR count). The zero-order valence-corrected chi connectivity index (χ0v) is 13.3. The van der Waals surface area contributed by atoms with E-state index in [2.05, 4.69) is 27.7 Å². The van der Waals surface area contributed by atoms with Crippen LogP contribution in [0, 0.1) is 0 Å². The second kappa shape index (κ2) is 6.20. The molecular weight excluding hydrogens is 286 g/mol. The summed E-state index contributed by atoms with van der Waals surface area (Å²) in [5.41, 5.74) is 0.847. The quantitative estimate of drug-likeness (QED) is 0.890. The first-order valence-corrected chi connectivity index (χ1v) is 8.60. The molecule has 2 aliphatic rings. The summed E-state index contributed by atoms with van der Waals surface area (Å²) in [7, 11) is 0. The second-order valence-electron chi connectivity index (χ2n) is 6.65. The number of nitrogens with zero attached hydrogens (tertiary/aromatic N) is 1. The molecule has 120 valence electrons. The molecule has 0 saturated carbocycles. The van der Waals surface area contributed by atoms with Crippen molar-refractivity contribution in [3.05, 3.63) is 42.5 Å². The highest BCUT2D eigenvalue weighted by molar-refractivity contribution is 5.93. The number of hydrogen-bond acceptors (Lipinski definition) is 2. The largest absolute Gasteiger partial charge is 0.334 e. The lowest BCUT2D eigenvalue weighted by Gasteiger charge is -2.32. The summed E-state index contributed by atoms with van der Waals surface area (Å²) in [6.45, 7) is 2.31. The first-order valence-electron chi connectivity index (χ1n) is 8.60. The van der Waals surface area contributed by atoms with Gasteiger partial charge in [-0.25, -0.2) is 4.79 Å². The van der Waals surface area contributed by atoms with Crippen LogP contribution in [0.3, 0.4) is 0 Å². The van der Waals surface area contributed by atoms with Crippen molar-refractivity contribution < 1.29 is 4.79 Å². The van der Waals surface area contributed by atoms with E-state index in [9.17, 15) is 4.79 Å².